The molecule has 0 fully saturated rings. The first-order valence-electron chi connectivity index (χ1n) is 5.72. The highest BCUT2D eigenvalue weighted by atomic mass is 79.9. The van der Waals surface area contributed by atoms with Gasteiger partial charge < -0.3 is 5.32 Å². The van der Waals surface area contributed by atoms with Crippen LogP contribution in [0, 0.1) is 11.3 Å². The fourth-order valence-electron chi connectivity index (χ4n) is 1.61. The summed E-state index contributed by atoms with van der Waals surface area (Å²) in [5.41, 5.74) is 1.92. The highest BCUT2D eigenvalue weighted by molar-refractivity contribution is 9.10. The summed E-state index contributed by atoms with van der Waals surface area (Å²) in [6.07, 6.45) is 0. The Morgan fingerprint density at radius 3 is 2.63 bits per heavy atom. The molecule has 0 aliphatic heterocycles. The van der Waals surface area contributed by atoms with Gasteiger partial charge in [-0.15, -0.1) is 0 Å². The van der Waals surface area contributed by atoms with E-state index in [1.807, 2.05) is 30.3 Å². The lowest BCUT2D eigenvalue weighted by atomic mass is 10.1. The number of carbonyl (C=O) groups excluding carboxylic acids is 1. The maximum Gasteiger partial charge on any atom is 0.181 e. The summed E-state index contributed by atoms with van der Waals surface area (Å²) in [6.45, 7) is 0.205. The summed E-state index contributed by atoms with van der Waals surface area (Å²) in [4.78, 5) is 12.0. The van der Waals surface area contributed by atoms with E-state index in [2.05, 4.69) is 21.2 Å². The fourth-order valence-corrected chi connectivity index (χ4v) is 1.88. The molecule has 0 amide bonds. The molecular weight excluding hydrogens is 304 g/mol. The molecule has 3 nitrogen and oxygen atoms in total. The normalized spacial score (nSPS) is 9.68. The van der Waals surface area contributed by atoms with Crippen LogP contribution in [0.15, 0.2) is 53.0 Å². The number of anilines is 1. The number of nitrogens with zero attached hydrogens (tertiary/aromatic N) is 1. The van der Waals surface area contributed by atoms with Crippen LogP contribution in [0.3, 0.4) is 0 Å². The van der Waals surface area contributed by atoms with Crippen LogP contribution in [0.25, 0.3) is 0 Å². The number of halogens is 1. The lowest BCUT2D eigenvalue weighted by Gasteiger charge is -2.06. The van der Waals surface area contributed by atoms with Crippen molar-refractivity contribution in [2.45, 2.75) is 0 Å². The van der Waals surface area contributed by atoms with E-state index >= 15 is 0 Å². The Morgan fingerprint density at radius 1 is 1.21 bits per heavy atom. The van der Waals surface area contributed by atoms with Crippen molar-refractivity contribution >= 4 is 27.4 Å². The van der Waals surface area contributed by atoms with Gasteiger partial charge in [0.25, 0.3) is 0 Å². The zero-order chi connectivity index (χ0) is 13.7. The van der Waals surface area contributed by atoms with Crippen molar-refractivity contribution in [1.29, 1.82) is 5.26 Å². The molecule has 19 heavy (non-hydrogen) atoms. The lowest BCUT2D eigenvalue weighted by Crippen LogP contribution is -2.14. The summed E-state index contributed by atoms with van der Waals surface area (Å²) in [7, 11) is 0. The Balaban J connectivity index is 2.01. The Hall–Kier alpha value is -2.12. The minimum Gasteiger partial charge on any atom is -0.378 e. The molecule has 0 saturated carbocycles. The topological polar surface area (TPSA) is 52.9 Å². The number of carbonyl (C=O) groups is 1. The van der Waals surface area contributed by atoms with Gasteiger partial charge in [-0.3, -0.25) is 4.79 Å². The van der Waals surface area contributed by atoms with E-state index in [0.717, 1.165) is 10.2 Å². The van der Waals surface area contributed by atoms with Crippen LogP contribution in [0.5, 0.6) is 0 Å². The summed E-state index contributed by atoms with van der Waals surface area (Å²) < 4.78 is 0.992. The highest BCUT2D eigenvalue weighted by Gasteiger charge is 2.06. The Bertz CT molecular complexity index is 629. The van der Waals surface area contributed by atoms with Gasteiger partial charge in [0.15, 0.2) is 5.78 Å². The predicted octanol–water partition coefficient (Wildman–Crippen LogP) is 3.62. The monoisotopic (exact) mass is 314 g/mol. The van der Waals surface area contributed by atoms with Crippen molar-refractivity contribution in [1.82, 2.24) is 0 Å². The first kappa shape index (κ1) is 13.3. The van der Waals surface area contributed by atoms with Crippen molar-refractivity contribution in [3.8, 4) is 6.07 Å². The molecule has 4 heteroatoms. The highest BCUT2D eigenvalue weighted by Crippen LogP contribution is 2.14. The van der Waals surface area contributed by atoms with Crippen LogP contribution in [-0.4, -0.2) is 12.3 Å². The van der Waals surface area contributed by atoms with Gasteiger partial charge in [0.2, 0.25) is 0 Å². The second-order valence-corrected chi connectivity index (χ2v) is 4.89. The van der Waals surface area contributed by atoms with Crippen LogP contribution in [0.1, 0.15) is 15.9 Å². The molecule has 1 N–H and O–H groups in total. The molecule has 94 valence electrons. The van der Waals surface area contributed by atoms with E-state index < -0.39 is 0 Å². The molecule has 2 aromatic rings. The number of hydrogen-bond donors (Lipinski definition) is 1. The number of nitrogens with one attached hydrogen (secondary N) is 1. The zero-order valence-electron chi connectivity index (χ0n) is 10.1. The molecule has 0 radical (unpaired) electrons. The third-order valence-corrected chi connectivity index (χ3v) is 3.14. The van der Waals surface area contributed by atoms with E-state index in [1.54, 1.807) is 24.3 Å². The van der Waals surface area contributed by atoms with Gasteiger partial charge in [-0.2, -0.15) is 5.26 Å². The average Bonchev–Trinajstić information content (AvgIpc) is 2.46. The molecule has 0 saturated heterocycles. The van der Waals surface area contributed by atoms with Crippen LogP contribution in [-0.2, 0) is 0 Å². The number of benzene rings is 2. The van der Waals surface area contributed by atoms with Gasteiger partial charge in [0.1, 0.15) is 0 Å². The third-order valence-electron chi connectivity index (χ3n) is 2.61. The quantitative estimate of drug-likeness (QED) is 0.877. The maximum absolute atomic E-state index is 12.0. The standard InChI is InChI=1S/C15H11BrN2O/c16-13-4-6-14(7-5-13)18-10-15(19)12-3-1-2-11(8-12)9-17/h1-8,18H,10H2. The van der Waals surface area contributed by atoms with Crippen molar-refractivity contribution in [2.24, 2.45) is 0 Å². The van der Waals surface area contributed by atoms with Crippen molar-refractivity contribution in [2.75, 3.05) is 11.9 Å². The molecule has 0 spiro atoms. The first-order valence-corrected chi connectivity index (χ1v) is 6.51. The Morgan fingerprint density at radius 2 is 1.95 bits per heavy atom. The zero-order valence-corrected chi connectivity index (χ0v) is 11.6. The molecule has 0 aliphatic rings. The lowest BCUT2D eigenvalue weighted by molar-refractivity contribution is 0.101. The Kier molecular flexibility index (Phi) is 4.32. The number of ketones is 1. The number of rotatable bonds is 4. The minimum absolute atomic E-state index is 0.0416. The summed E-state index contributed by atoms with van der Waals surface area (Å²) in [5, 5.41) is 11.9. The number of hydrogen-bond acceptors (Lipinski definition) is 3. The molecule has 0 bridgehead atoms. The summed E-state index contributed by atoms with van der Waals surface area (Å²) in [5.74, 6) is -0.0416. The summed E-state index contributed by atoms with van der Waals surface area (Å²) >= 11 is 3.35. The van der Waals surface area contributed by atoms with Crippen molar-refractivity contribution in [3.05, 3.63) is 64.1 Å². The summed E-state index contributed by atoms with van der Waals surface area (Å²) in [6, 6.07) is 16.3. The van der Waals surface area contributed by atoms with Crippen LogP contribution in [0.4, 0.5) is 5.69 Å². The smallest absolute Gasteiger partial charge is 0.181 e. The van der Waals surface area contributed by atoms with Gasteiger partial charge >= 0.3 is 0 Å². The molecule has 2 rings (SSSR count). The van der Waals surface area contributed by atoms with Gasteiger partial charge in [-0.05, 0) is 36.4 Å². The molecule has 0 unspecified atom stereocenters. The van der Waals surface area contributed by atoms with Gasteiger partial charge in [0.05, 0.1) is 18.2 Å². The van der Waals surface area contributed by atoms with Crippen LogP contribution in [0.2, 0.25) is 0 Å². The number of Topliss-reactive ketones (excluding diaryl/α,β-unsaturated/α-hetero) is 1. The van der Waals surface area contributed by atoms with Gasteiger partial charge in [-0.25, -0.2) is 0 Å². The molecular formula is C15H11BrN2O. The first-order chi connectivity index (χ1) is 9.19. The van der Waals surface area contributed by atoms with Gasteiger partial charge in [0, 0.05) is 15.7 Å². The molecule has 2 aromatic carbocycles. The van der Waals surface area contributed by atoms with Crippen LogP contribution >= 0.6 is 15.9 Å². The van der Waals surface area contributed by atoms with Crippen molar-refractivity contribution < 1.29 is 4.79 Å². The molecule has 0 heterocycles. The second kappa shape index (κ2) is 6.17. The predicted molar refractivity (Wildman–Crippen MR) is 78.1 cm³/mol. The van der Waals surface area contributed by atoms with E-state index in [-0.39, 0.29) is 12.3 Å². The van der Waals surface area contributed by atoms with Gasteiger partial charge in [-0.1, -0.05) is 28.1 Å². The second-order valence-electron chi connectivity index (χ2n) is 3.98. The molecule has 0 atom stereocenters. The number of nitriles is 1. The maximum atomic E-state index is 12.0. The molecule has 0 aliphatic carbocycles. The minimum atomic E-state index is -0.0416. The average molecular weight is 315 g/mol. The molecule has 0 aromatic heterocycles. The van der Waals surface area contributed by atoms with E-state index in [0.29, 0.717) is 11.1 Å². The van der Waals surface area contributed by atoms with E-state index in [9.17, 15) is 4.79 Å². The van der Waals surface area contributed by atoms with Crippen LogP contribution < -0.4 is 5.32 Å². The van der Waals surface area contributed by atoms with Crippen molar-refractivity contribution in [3.63, 3.8) is 0 Å². The fraction of sp³-hybridized carbons (Fsp3) is 0.0667. The van der Waals surface area contributed by atoms with E-state index in [1.165, 1.54) is 0 Å². The van der Waals surface area contributed by atoms with E-state index in [4.69, 9.17) is 5.26 Å². The third kappa shape index (κ3) is 3.67. The largest absolute Gasteiger partial charge is 0.378 e. The Labute approximate surface area is 120 Å². The SMILES string of the molecule is N#Cc1cccc(C(=O)CNc2ccc(Br)cc2)c1.